The van der Waals surface area contributed by atoms with Gasteiger partial charge in [-0.05, 0) is 18.6 Å². The Bertz CT molecular complexity index is 543. The number of rotatable bonds is 6. The fourth-order valence-electron chi connectivity index (χ4n) is 1.38. The number of hydrogen-bond donors (Lipinski definition) is 4. The summed E-state index contributed by atoms with van der Waals surface area (Å²) < 4.78 is 4.86. The maximum Gasteiger partial charge on any atom is 0.339 e. The molecule has 8 heteroatoms. The number of ether oxygens (including phenoxy) is 1. The maximum atomic E-state index is 11.6. The molecule has 0 aliphatic heterocycles. The first-order chi connectivity index (χ1) is 9.31. The van der Waals surface area contributed by atoms with Crippen LogP contribution in [0.3, 0.4) is 0 Å². The highest BCUT2D eigenvalue weighted by Gasteiger charge is 2.20. The summed E-state index contributed by atoms with van der Waals surface area (Å²) in [6.45, 7) is 0. The number of aromatic carboxylic acids is 1. The number of carboxylic acids is 2. The molecule has 0 amide bonds. The van der Waals surface area contributed by atoms with E-state index >= 15 is 0 Å². The predicted molar refractivity (Wildman–Crippen MR) is 68.3 cm³/mol. The second-order valence-corrected chi connectivity index (χ2v) is 4.02. The molecule has 1 rings (SSSR count). The van der Waals surface area contributed by atoms with Gasteiger partial charge < -0.3 is 26.4 Å². The van der Waals surface area contributed by atoms with E-state index in [1.54, 1.807) is 0 Å². The molecule has 0 aromatic heterocycles. The van der Waals surface area contributed by atoms with E-state index in [2.05, 4.69) is 0 Å². The minimum atomic E-state index is -1.29. The van der Waals surface area contributed by atoms with Crippen molar-refractivity contribution in [2.24, 2.45) is 5.73 Å². The monoisotopic (exact) mass is 282 g/mol. The molecule has 108 valence electrons. The molecule has 8 nitrogen and oxygen atoms in total. The highest BCUT2D eigenvalue weighted by atomic mass is 16.5. The number of nitrogen functional groups attached to an aromatic ring is 1. The molecule has 0 saturated heterocycles. The third-order valence-electron chi connectivity index (χ3n) is 2.42. The Balaban J connectivity index is 2.81. The molecule has 20 heavy (non-hydrogen) atoms. The van der Waals surface area contributed by atoms with Crippen LogP contribution in [-0.4, -0.2) is 34.2 Å². The zero-order chi connectivity index (χ0) is 15.3. The lowest BCUT2D eigenvalue weighted by molar-refractivity contribution is -0.138. The Morgan fingerprint density at radius 3 is 2.45 bits per heavy atom. The Hall–Kier alpha value is -2.61. The summed E-state index contributed by atoms with van der Waals surface area (Å²) in [6.07, 6.45) is -0.405. The van der Waals surface area contributed by atoms with Gasteiger partial charge in [0, 0.05) is 18.2 Å². The number of nitrogens with two attached hydrogens (primary N) is 2. The Labute approximate surface area is 113 Å². The molecule has 0 radical (unpaired) electrons. The van der Waals surface area contributed by atoms with Gasteiger partial charge in [0.2, 0.25) is 0 Å². The molecule has 6 N–H and O–H groups in total. The molecule has 0 bridgehead atoms. The summed E-state index contributed by atoms with van der Waals surface area (Å²) in [4.78, 5) is 33.0. The lowest BCUT2D eigenvalue weighted by Crippen LogP contribution is -2.35. The third-order valence-corrected chi connectivity index (χ3v) is 2.42. The van der Waals surface area contributed by atoms with Gasteiger partial charge in [-0.25, -0.2) is 9.59 Å². The summed E-state index contributed by atoms with van der Waals surface area (Å²) in [5, 5.41) is 17.4. The van der Waals surface area contributed by atoms with Crippen molar-refractivity contribution in [3.05, 3.63) is 23.8 Å². The smallest absolute Gasteiger partial charge is 0.339 e. The molecule has 1 atom stereocenters. The first-order valence-corrected chi connectivity index (χ1v) is 5.63. The van der Waals surface area contributed by atoms with Crippen molar-refractivity contribution in [2.45, 2.75) is 18.9 Å². The van der Waals surface area contributed by atoms with Crippen LogP contribution in [0.4, 0.5) is 5.69 Å². The number of aliphatic carboxylic acids is 1. The zero-order valence-electron chi connectivity index (χ0n) is 10.4. The van der Waals surface area contributed by atoms with E-state index < -0.39 is 23.9 Å². The third kappa shape index (κ3) is 4.25. The molecule has 1 aromatic rings. The number of esters is 1. The van der Waals surface area contributed by atoms with Crippen molar-refractivity contribution in [3.8, 4) is 5.75 Å². The first kappa shape index (κ1) is 15.4. The number of carbonyl (C=O) groups excluding carboxylic acids is 1. The van der Waals surface area contributed by atoms with Gasteiger partial charge in [0.05, 0.1) is 0 Å². The van der Waals surface area contributed by atoms with Crippen molar-refractivity contribution in [1.82, 2.24) is 0 Å². The van der Waals surface area contributed by atoms with Gasteiger partial charge in [0.1, 0.15) is 17.4 Å². The Morgan fingerprint density at radius 1 is 1.25 bits per heavy atom. The molecule has 0 heterocycles. The van der Waals surface area contributed by atoms with Crippen molar-refractivity contribution in [2.75, 3.05) is 5.73 Å². The van der Waals surface area contributed by atoms with Crippen molar-refractivity contribution >= 4 is 23.6 Å². The predicted octanol–water partition coefficient (Wildman–Crippen LogP) is 0.0645. The molecule has 0 fully saturated rings. The van der Waals surface area contributed by atoms with Gasteiger partial charge in [-0.3, -0.25) is 4.79 Å². The molecular weight excluding hydrogens is 268 g/mol. The molecule has 0 unspecified atom stereocenters. The van der Waals surface area contributed by atoms with E-state index in [-0.39, 0.29) is 29.8 Å². The van der Waals surface area contributed by atoms with Gasteiger partial charge in [-0.1, -0.05) is 0 Å². The van der Waals surface area contributed by atoms with Gasteiger partial charge >= 0.3 is 17.9 Å². The summed E-state index contributed by atoms with van der Waals surface area (Å²) >= 11 is 0. The minimum absolute atomic E-state index is 0.112. The Morgan fingerprint density at radius 2 is 1.90 bits per heavy atom. The van der Waals surface area contributed by atoms with E-state index in [1.807, 2.05) is 0 Å². The van der Waals surface area contributed by atoms with Gasteiger partial charge in [0.15, 0.2) is 0 Å². The summed E-state index contributed by atoms with van der Waals surface area (Å²) in [5.74, 6) is -3.53. The zero-order valence-corrected chi connectivity index (χ0v) is 10.4. The van der Waals surface area contributed by atoms with Gasteiger partial charge in [0.25, 0.3) is 0 Å². The van der Waals surface area contributed by atoms with Crippen molar-refractivity contribution < 1.29 is 29.3 Å². The van der Waals surface area contributed by atoms with Crippen LogP contribution in [0.2, 0.25) is 0 Å². The van der Waals surface area contributed by atoms with Gasteiger partial charge in [-0.2, -0.15) is 0 Å². The van der Waals surface area contributed by atoms with E-state index in [1.165, 1.54) is 18.2 Å². The lowest BCUT2D eigenvalue weighted by Gasteiger charge is -2.12. The number of benzene rings is 1. The molecule has 0 aliphatic carbocycles. The molecule has 0 aliphatic rings. The normalized spacial score (nSPS) is 11.7. The quantitative estimate of drug-likeness (QED) is 0.324. The van der Waals surface area contributed by atoms with Crippen LogP contribution in [0.15, 0.2) is 18.2 Å². The van der Waals surface area contributed by atoms with Crippen LogP contribution in [0.1, 0.15) is 23.2 Å². The van der Waals surface area contributed by atoms with Crippen LogP contribution in [0.5, 0.6) is 5.75 Å². The largest absolute Gasteiger partial charge is 0.481 e. The number of carboxylic acid groups (broad SMARTS) is 2. The fraction of sp³-hybridized carbons (Fsp3) is 0.250. The summed E-state index contributed by atoms with van der Waals surface area (Å²) in [5.41, 5.74) is 10.9. The second kappa shape index (κ2) is 6.53. The lowest BCUT2D eigenvalue weighted by atomic mass is 10.1. The summed E-state index contributed by atoms with van der Waals surface area (Å²) in [6, 6.07) is 2.58. The first-order valence-electron chi connectivity index (χ1n) is 5.63. The standard InChI is InChI=1S/C12H14N2O6/c13-6-1-2-7(11(17)18)9(5-6)20-12(19)8(14)3-4-10(15)16/h1-2,5,8H,3-4,13-14H2,(H,15,16)(H,17,18)/t8-/m0/s1. The SMILES string of the molecule is Nc1ccc(C(=O)O)c(OC(=O)[C@@H](N)CCC(=O)O)c1. The number of anilines is 1. The minimum Gasteiger partial charge on any atom is -0.481 e. The van der Waals surface area contributed by atoms with Crippen LogP contribution < -0.4 is 16.2 Å². The molecule has 0 spiro atoms. The second-order valence-electron chi connectivity index (χ2n) is 4.02. The number of hydrogen-bond acceptors (Lipinski definition) is 6. The number of carbonyl (C=O) groups is 3. The van der Waals surface area contributed by atoms with E-state index in [4.69, 9.17) is 26.4 Å². The molecule has 1 aromatic carbocycles. The van der Waals surface area contributed by atoms with E-state index in [0.29, 0.717) is 0 Å². The molecule has 0 saturated carbocycles. The maximum absolute atomic E-state index is 11.6. The van der Waals surface area contributed by atoms with Crippen LogP contribution >= 0.6 is 0 Å². The highest BCUT2D eigenvalue weighted by Crippen LogP contribution is 2.22. The van der Waals surface area contributed by atoms with Crippen LogP contribution in [0.25, 0.3) is 0 Å². The van der Waals surface area contributed by atoms with Crippen LogP contribution in [-0.2, 0) is 9.59 Å². The topological polar surface area (TPSA) is 153 Å². The highest BCUT2D eigenvalue weighted by molar-refractivity contribution is 5.93. The molecular formula is C12H14N2O6. The average molecular weight is 282 g/mol. The van der Waals surface area contributed by atoms with Crippen molar-refractivity contribution in [3.63, 3.8) is 0 Å². The van der Waals surface area contributed by atoms with Crippen molar-refractivity contribution in [1.29, 1.82) is 0 Å². The van der Waals surface area contributed by atoms with Crippen LogP contribution in [0, 0.1) is 0 Å². The van der Waals surface area contributed by atoms with E-state index in [9.17, 15) is 14.4 Å². The fourth-order valence-corrected chi connectivity index (χ4v) is 1.38. The van der Waals surface area contributed by atoms with Gasteiger partial charge in [-0.15, -0.1) is 0 Å². The average Bonchev–Trinajstić information content (AvgIpc) is 2.35. The Kier molecular flexibility index (Phi) is 5.04. The van der Waals surface area contributed by atoms with E-state index in [0.717, 1.165) is 0 Å². The summed E-state index contributed by atoms with van der Waals surface area (Å²) in [7, 11) is 0.